The van der Waals surface area contributed by atoms with Crippen LogP contribution in [-0.2, 0) is 6.61 Å². The van der Waals surface area contributed by atoms with Gasteiger partial charge in [0.15, 0.2) is 0 Å². The molecule has 0 aliphatic heterocycles. The molecular formula is C17H16N2O4. The second kappa shape index (κ2) is 7.77. The fourth-order valence-electron chi connectivity index (χ4n) is 1.91. The van der Waals surface area contributed by atoms with Gasteiger partial charge in [0.25, 0.3) is 5.91 Å². The minimum Gasteiger partial charge on any atom is -0.410 e. The summed E-state index contributed by atoms with van der Waals surface area (Å²) in [6, 6.07) is 13.2. The summed E-state index contributed by atoms with van der Waals surface area (Å²) in [6.45, 7) is 3.12. The molecule has 0 saturated heterocycles. The monoisotopic (exact) mass is 312 g/mol. The molecule has 2 rings (SSSR count). The lowest BCUT2D eigenvalue weighted by molar-refractivity contribution is 0.0967. The zero-order valence-electron chi connectivity index (χ0n) is 12.3. The van der Waals surface area contributed by atoms with Crippen LogP contribution < -0.4 is 15.4 Å². The van der Waals surface area contributed by atoms with E-state index in [1.807, 2.05) is 6.07 Å². The van der Waals surface area contributed by atoms with Crippen LogP contribution in [0.15, 0.2) is 61.3 Å². The normalized spacial score (nSPS) is 9.78. The number of rotatable bonds is 5. The highest BCUT2D eigenvalue weighted by Crippen LogP contribution is 2.17. The average molecular weight is 312 g/mol. The van der Waals surface area contributed by atoms with Gasteiger partial charge in [0.2, 0.25) is 0 Å². The molecular weight excluding hydrogens is 296 g/mol. The third-order valence-corrected chi connectivity index (χ3v) is 2.96. The molecule has 0 radical (unpaired) electrons. The van der Waals surface area contributed by atoms with Crippen molar-refractivity contribution in [3.8, 4) is 5.75 Å². The Morgan fingerprint density at radius 3 is 2.57 bits per heavy atom. The Morgan fingerprint density at radius 1 is 1.17 bits per heavy atom. The molecule has 23 heavy (non-hydrogen) atoms. The molecule has 0 unspecified atom stereocenters. The van der Waals surface area contributed by atoms with Crippen LogP contribution in [0.3, 0.4) is 0 Å². The third-order valence-electron chi connectivity index (χ3n) is 2.96. The number of hydrogen-bond donors (Lipinski definition) is 3. The number of anilines is 1. The first-order valence-corrected chi connectivity index (χ1v) is 6.83. The van der Waals surface area contributed by atoms with Crippen molar-refractivity contribution < 1.29 is 19.4 Å². The van der Waals surface area contributed by atoms with E-state index < -0.39 is 12.0 Å². The molecule has 0 aliphatic rings. The molecule has 118 valence electrons. The highest BCUT2D eigenvalue weighted by molar-refractivity contribution is 5.98. The van der Waals surface area contributed by atoms with Gasteiger partial charge in [0.05, 0.1) is 6.61 Å². The first-order chi connectivity index (χ1) is 11.1. The Bertz CT molecular complexity index is 714. The van der Waals surface area contributed by atoms with Gasteiger partial charge in [-0.25, -0.2) is 4.79 Å². The molecule has 0 atom stereocenters. The molecule has 2 amide bonds. The largest absolute Gasteiger partial charge is 0.417 e. The number of benzene rings is 2. The lowest BCUT2D eigenvalue weighted by Gasteiger charge is -2.10. The van der Waals surface area contributed by atoms with Crippen LogP contribution in [0, 0.1) is 0 Å². The summed E-state index contributed by atoms with van der Waals surface area (Å²) in [7, 11) is 0. The van der Waals surface area contributed by atoms with Gasteiger partial charge >= 0.3 is 6.09 Å². The maximum Gasteiger partial charge on any atom is 0.417 e. The van der Waals surface area contributed by atoms with Crippen LogP contribution >= 0.6 is 0 Å². The zero-order chi connectivity index (χ0) is 16.7. The SMILES string of the molecule is C=CNC(=O)c1cc(NC(=O)Oc2ccccc2)ccc1CO. The van der Waals surface area contributed by atoms with E-state index in [0.717, 1.165) is 0 Å². The number of ether oxygens (including phenoxy) is 1. The Balaban J connectivity index is 2.13. The molecule has 6 heteroatoms. The van der Waals surface area contributed by atoms with Crippen molar-refractivity contribution in [3.05, 3.63) is 72.4 Å². The van der Waals surface area contributed by atoms with Crippen molar-refractivity contribution in [1.29, 1.82) is 0 Å². The van der Waals surface area contributed by atoms with Crippen molar-refractivity contribution in [2.75, 3.05) is 5.32 Å². The lowest BCUT2D eigenvalue weighted by atomic mass is 10.1. The van der Waals surface area contributed by atoms with Crippen molar-refractivity contribution >= 4 is 17.7 Å². The maximum atomic E-state index is 11.9. The fraction of sp³-hybridized carbons (Fsp3) is 0.0588. The van der Waals surface area contributed by atoms with Gasteiger partial charge in [-0.05, 0) is 36.0 Å². The highest BCUT2D eigenvalue weighted by atomic mass is 16.6. The molecule has 2 aromatic carbocycles. The zero-order valence-corrected chi connectivity index (χ0v) is 12.3. The number of hydrogen-bond acceptors (Lipinski definition) is 4. The molecule has 3 N–H and O–H groups in total. The summed E-state index contributed by atoms with van der Waals surface area (Å²) in [4.78, 5) is 23.8. The summed E-state index contributed by atoms with van der Waals surface area (Å²) in [5, 5.41) is 14.2. The molecule has 0 saturated carbocycles. The van der Waals surface area contributed by atoms with Crippen LogP contribution in [0.4, 0.5) is 10.5 Å². The molecule has 0 spiro atoms. The second-order valence-electron chi connectivity index (χ2n) is 4.54. The first-order valence-electron chi connectivity index (χ1n) is 6.83. The third kappa shape index (κ3) is 4.42. The van der Waals surface area contributed by atoms with Crippen LogP contribution in [0.2, 0.25) is 0 Å². The molecule has 0 aromatic heterocycles. The smallest absolute Gasteiger partial charge is 0.410 e. The number of amides is 2. The van der Waals surface area contributed by atoms with Crippen molar-refractivity contribution in [2.24, 2.45) is 0 Å². The van der Waals surface area contributed by atoms with Crippen molar-refractivity contribution in [1.82, 2.24) is 5.32 Å². The van der Waals surface area contributed by atoms with E-state index in [9.17, 15) is 14.7 Å². The number of para-hydroxylation sites is 1. The molecule has 0 heterocycles. The second-order valence-corrected chi connectivity index (χ2v) is 4.54. The average Bonchev–Trinajstić information content (AvgIpc) is 2.56. The summed E-state index contributed by atoms with van der Waals surface area (Å²) >= 11 is 0. The van der Waals surface area contributed by atoms with E-state index in [4.69, 9.17) is 4.74 Å². The molecule has 6 nitrogen and oxygen atoms in total. The van der Waals surface area contributed by atoms with E-state index in [1.54, 1.807) is 36.4 Å². The van der Waals surface area contributed by atoms with E-state index in [1.165, 1.54) is 12.3 Å². The Morgan fingerprint density at radius 2 is 1.91 bits per heavy atom. The van der Waals surface area contributed by atoms with E-state index in [0.29, 0.717) is 17.0 Å². The van der Waals surface area contributed by atoms with E-state index in [2.05, 4.69) is 17.2 Å². The summed E-state index contributed by atoms with van der Waals surface area (Å²) in [5.74, 6) is -0.0225. The van der Waals surface area contributed by atoms with Gasteiger partial charge in [0.1, 0.15) is 5.75 Å². The van der Waals surface area contributed by atoms with Crippen molar-refractivity contribution in [2.45, 2.75) is 6.61 Å². The summed E-state index contributed by atoms with van der Waals surface area (Å²) < 4.78 is 5.11. The molecule has 0 aliphatic carbocycles. The van der Waals surface area contributed by atoms with Gasteiger partial charge in [0, 0.05) is 11.3 Å². The van der Waals surface area contributed by atoms with E-state index in [-0.39, 0.29) is 12.2 Å². The van der Waals surface area contributed by atoms with Crippen LogP contribution in [-0.4, -0.2) is 17.1 Å². The maximum absolute atomic E-state index is 11.9. The summed E-state index contributed by atoms with van der Waals surface area (Å²) in [6.07, 6.45) is 0.566. The standard InChI is InChI=1S/C17H16N2O4/c1-2-18-16(21)15-10-13(9-8-12(15)11-20)19-17(22)23-14-6-4-3-5-7-14/h2-10,20H,1,11H2,(H,18,21)(H,19,22). The van der Waals surface area contributed by atoms with Crippen LogP contribution in [0.5, 0.6) is 5.75 Å². The highest BCUT2D eigenvalue weighted by Gasteiger charge is 2.12. The van der Waals surface area contributed by atoms with Crippen LogP contribution in [0.25, 0.3) is 0 Å². The van der Waals surface area contributed by atoms with Gasteiger partial charge in [-0.15, -0.1) is 0 Å². The Labute approximate surface area is 133 Å². The van der Waals surface area contributed by atoms with Gasteiger partial charge in [-0.3, -0.25) is 10.1 Å². The first kappa shape index (κ1) is 16.3. The number of aliphatic hydroxyl groups excluding tert-OH is 1. The molecule has 0 bridgehead atoms. The van der Waals surface area contributed by atoms with E-state index >= 15 is 0 Å². The van der Waals surface area contributed by atoms with Crippen molar-refractivity contribution in [3.63, 3.8) is 0 Å². The molecule has 2 aromatic rings. The summed E-state index contributed by atoms with van der Waals surface area (Å²) in [5.41, 5.74) is 1.05. The Hall–Kier alpha value is -3.12. The minimum absolute atomic E-state index is 0.241. The van der Waals surface area contributed by atoms with Gasteiger partial charge in [-0.2, -0.15) is 0 Å². The topological polar surface area (TPSA) is 87.7 Å². The minimum atomic E-state index is -0.678. The quantitative estimate of drug-likeness (QED) is 0.792. The number of carbonyl (C=O) groups excluding carboxylic acids is 2. The Kier molecular flexibility index (Phi) is 5.49. The number of nitrogens with one attached hydrogen (secondary N) is 2. The number of aliphatic hydroxyl groups is 1. The van der Waals surface area contributed by atoms with Gasteiger partial charge < -0.3 is 15.2 Å². The predicted octanol–water partition coefficient (Wildman–Crippen LogP) is 2.66. The number of carbonyl (C=O) groups is 2. The van der Waals surface area contributed by atoms with Crippen LogP contribution in [0.1, 0.15) is 15.9 Å². The predicted molar refractivity (Wildman–Crippen MR) is 86.1 cm³/mol. The lowest BCUT2D eigenvalue weighted by Crippen LogP contribution is -2.20. The van der Waals surface area contributed by atoms with Gasteiger partial charge in [-0.1, -0.05) is 30.8 Å². The molecule has 0 fully saturated rings. The fourth-order valence-corrected chi connectivity index (χ4v) is 1.91.